The van der Waals surface area contributed by atoms with E-state index >= 15 is 0 Å². The molecule has 0 aliphatic rings. The lowest BCUT2D eigenvalue weighted by molar-refractivity contribution is 0.415. The Morgan fingerprint density at radius 1 is 1.32 bits per heavy atom. The van der Waals surface area contributed by atoms with Gasteiger partial charge >= 0.3 is 0 Å². The number of pyridine rings is 1. The van der Waals surface area contributed by atoms with Gasteiger partial charge in [-0.2, -0.15) is 5.10 Å². The number of hydrogen-bond donors (Lipinski definition) is 2. The van der Waals surface area contributed by atoms with Crippen molar-refractivity contribution in [3.63, 3.8) is 0 Å². The molecule has 0 saturated carbocycles. The summed E-state index contributed by atoms with van der Waals surface area (Å²) in [5.74, 6) is 1.28. The molecule has 1 aromatic carbocycles. The van der Waals surface area contributed by atoms with Crippen molar-refractivity contribution in [3.05, 3.63) is 41.6 Å². The molecule has 19 heavy (non-hydrogen) atoms. The number of anilines is 2. The maximum absolute atomic E-state index is 5.99. The van der Waals surface area contributed by atoms with E-state index < -0.39 is 0 Å². The number of nitrogens with one attached hydrogen (secondary N) is 2. The minimum absolute atomic E-state index is 0.568. The second kappa shape index (κ2) is 4.78. The SMILES string of the molecule is COc1cc(Nc2n[nH]c3cccnc23)ccc1Cl. The van der Waals surface area contributed by atoms with Crippen molar-refractivity contribution in [1.29, 1.82) is 0 Å². The lowest BCUT2D eigenvalue weighted by Gasteiger charge is -2.07. The molecule has 0 aliphatic heterocycles. The standard InChI is InChI=1S/C13H11ClN4O/c1-19-11-7-8(4-5-9(11)14)16-13-12-10(17-18-13)3-2-6-15-12/h2-7H,1H3,(H2,16,17,18). The summed E-state index contributed by atoms with van der Waals surface area (Å²) in [5, 5.41) is 10.9. The van der Waals surface area contributed by atoms with Gasteiger partial charge in [0.25, 0.3) is 0 Å². The summed E-state index contributed by atoms with van der Waals surface area (Å²) in [4.78, 5) is 4.28. The number of methoxy groups -OCH3 is 1. The first kappa shape index (κ1) is 11.8. The van der Waals surface area contributed by atoms with E-state index in [-0.39, 0.29) is 0 Å². The Kier molecular flexibility index (Phi) is 2.97. The largest absolute Gasteiger partial charge is 0.495 e. The zero-order valence-corrected chi connectivity index (χ0v) is 10.9. The Balaban J connectivity index is 1.97. The van der Waals surface area contributed by atoms with E-state index in [2.05, 4.69) is 20.5 Å². The second-order valence-corrected chi connectivity index (χ2v) is 4.35. The van der Waals surface area contributed by atoms with Gasteiger partial charge in [0.2, 0.25) is 0 Å². The Bertz CT molecular complexity index is 725. The summed E-state index contributed by atoms with van der Waals surface area (Å²) in [7, 11) is 1.58. The van der Waals surface area contributed by atoms with Crippen LogP contribution in [0, 0.1) is 0 Å². The van der Waals surface area contributed by atoms with Crippen LogP contribution in [0.2, 0.25) is 5.02 Å². The van der Waals surface area contributed by atoms with Crippen LogP contribution >= 0.6 is 11.6 Å². The number of aromatic amines is 1. The average molecular weight is 275 g/mol. The van der Waals surface area contributed by atoms with Crippen LogP contribution in [0.15, 0.2) is 36.5 Å². The maximum atomic E-state index is 5.99. The monoisotopic (exact) mass is 274 g/mol. The predicted octanol–water partition coefficient (Wildman–Crippen LogP) is 3.36. The highest BCUT2D eigenvalue weighted by Gasteiger charge is 2.08. The molecule has 2 aromatic heterocycles. The summed E-state index contributed by atoms with van der Waals surface area (Å²) in [6, 6.07) is 9.21. The van der Waals surface area contributed by atoms with Crippen molar-refractivity contribution in [2.45, 2.75) is 0 Å². The van der Waals surface area contributed by atoms with Crippen LogP contribution in [0.5, 0.6) is 5.75 Å². The quantitative estimate of drug-likeness (QED) is 0.769. The van der Waals surface area contributed by atoms with Crippen LogP contribution in [-0.2, 0) is 0 Å². The number of halogens is 1. The van der Waals surface area contributed by atoms with Gasteiger partial charge in [-0.3, -0.25) is 10.1 Å². The van der Waals surface area contributed by atoms with Crippen LogP contribution in [0.3, 0.4) is 0 Å². The normalized spacial score (nSPS) is 10.6. The first-order valence-electron chi connectivity index (χ1n) is 5.67. The van der Waals surface area contributed by atoms with Crippen molar-refractivity contribution in [3.8, 4) is 5.75 Å². The van der Waals surface area contributed by atoms with E-state index in [0.717, 1.165) is 16.7 Å². The summed E-state index contributed by atoms with van der Waals surface area (Å²) in [6.45, 7) is 0. The first-order chi connectivity index (χ1) is 9.28. The van der Waals surface area contributed by atoms with Crippen LogP contribution in [0.1, 0.15) is 0 Å². The molecule has 0 spiro atoms. The van der Waals surface area contributed by atoms with E-state index in [1.165, 1.54) is 0 Å². The van der Waals surface area contributed by atoms with Crippen LogP contribution < -0.4 is 10.1 Å². The van der Waals surface area contributed by atoms with E-state index in [1.54, 1.807) is 19.4 Å². The fourth-order valence-electron chi connectivity index (χ4n) is 1.81. The molecule has 0 unspecified atom stereocenters. The fourth-order valence-corrected chi connectivity index (χ4v) is 2.01. The Morgan fingerprint density at radius 3 is 3.05 bits per heavy atom. The average Bonchev–Trinajstić information content (AvgIpc) is 2.84. The van der Waals surface area contributed by atoms with Crippen molar-refractivity contribution in [2.24, 2.45) is 0 Å². The van der Waals surface area contributed by atoms with Gasteiger partial charge in [-0.25, -0.2) is 0 Å². The molecule has 0 bridgehead atoms. The number of hydrogen-bond acceptors (Lipinski definition) is 4. The Morgan fingerprint density at radius 2 is 2.21 bits per heavy atom. The zero-order valence-electron chi connectivity index (χ0n) is 10.1. The van der Waals surface area contributed by atoms with Crippen molar-refractivity contribution in [1.82, 2.24) is 15.2 Å². The number of nitrogens with zero attached hydrogens (tertiary/aromatic N) is 2. The molecular weight excluding hydrogens is 264 g/mol. The van der Waals surface area contributed by atoms with E-state index in [1.807, 2.05) is 24.3 Å². The van der Waals surface area contributed by atoms with Gasteiger partial charge in [0.15, 0.2) is 5.82 Å². The molecule has 0 fully saturated rings. The third-order valence-corrected chi connectivity index (χ3v) is 3.05. The number of benzene rings is 1. The van der Waals surface area contributed by atoms with Crippen molar-refractivity contribution >= 4 is 34.1 Å². The van der Waals surface area contributed by atoms with E-state index in [9.17, 15) is 0 Å². The van der Waals surface area contributed by atoms with Gasteiger partial charge in [-0.15, -0.1) is 0 Å². The molecule has 96 valence electrons. The Hall–Kier alpha value is -2.27. The van der Waals surface area contributed by atoms with Gasteiger partial charge in [0.05, 0.1) is 17.6 Å². The molecule has 0 amide bonds. The molecule has 2 N–H and O–H groups in total. The highest BCUT2D eigenvalue weighted by atomic mass is 35.5. The van der Waals surface area contributed by atoms with E-state index in [0.29, 0.717) is 16.6 Å². The number of rotatable bonds is 3. The molecular formula is C13H11ClN4O. The van der Waals surface area contributed by atoms with Gasteiger partial charge < -0.3 is 10.1 Å². The minimum atomic E-state index is 0.568. The van der Waals surface area contributed by atoms with Gasteiger partial charge in [0, 0.05) is 18.0 Å². The lowest BCUT2D eigenvalue weighted by atomic mass is 10.3. The molecule has 5 nitrogen and oxygen atoms in total. The predicted molar refractivity (Wildman–Crippen MR) is 75.2 cm³/mol. The number of H-pyrrole nitrogens is 1. The topological polar surface area (TPSA) is 62.8 Å². The fraction of sp³-hybridized carbons (Fsp3) is 0.0769. The summed E-state index contributed by atoms with van der Waals surface area (Å²) < 4.78 is 5.18. The van der Waals surface area contributed by atoms with Crippen LogP contribution in [-0.4, -0.2) is 22.3 Å². The summed E-state index contributed by atoms with van der Waals surface area (Å²) in [6.07, 6.45) is 1.73. The number of ether oxygens (including phenoxy) is 1. The molecule has 3 rings (SSSR count). The van der Waals surface area contributed by atoms with Gasteiger partial charge in [0.1, 0.15) is 11.3 Å². The van der Waals surface area contributed by atoms with Gasteiger partial charge in [-0.05, 0) is 24.3 Å². The molecule has 0 atom stereocenters. The van der Waals surface area contributed by atoms with Crippen molar-refractivity contribution < 1.29 is 4.74 Å². The summed E-state index contributed by atoms with van der Waals surface area (Å²) in [5.41, 5.74) is 2.50. The lowest BCUT2D eigenvalue weighted by Crippen LogP contribution is -1.93. The van der Waals surface area contributed by atoms with Gasteiger partial charge in [-0.1, -0.05) is 11.6 Å². The summed E-state index contributed by atoms with van der Waals surface area (Å²) >= 11 is 5.99. The Labute approximate surface area is 114 Å². The van der Waals surface area contributed by atoms with Crippen LogP contribution in [0.4, 0.5) is 11.5 Å². The second-order valence-electron chi connectivity index (χ2n) is 3.95. The third-order valence-electron chi connectivity index (χ3n) is 2.73. The van der Waals surface area contributed by atoms with Crippen LogP contribution in [0.25, 0.3) is 11.0 Å². The molecule has 0 saturated heterocycles. The molecule has 6 heteroatoms. The number of aromatic nitrogens is 3. The third kappa shape index (κ3) is 2.20. The first-order valence-corrected chi connectivity index (χ1v) is 6.05. The number of fused-ring (bicyclic) bond motifs is 1. The molecule has 3 aromatic rings. The van der Waals surface area contributed by atoms with E-state index in [4.69, 9.17) is 16.3 Å². The maximum Gasteiger partial charge on any atom is 0.178 e. The smallest absolute Gasteiger partial charge is 0.178 e. The highest BCUT2D eigenvalue weighted by molar-refractivity contribution is 6.32. The minimum Gasteiger partial charge on any atom is -0.495 e. The molecule has 0 aliphatic carbocycles. The molecule has 2 heterocycles. The molecule has 0 radical (unpaired) electrons. The highest BCUT2D eigenvalue weighted by Crippen LogP contribution is 2.29. The zero-order chi connectivity index (χ0) is 13.2. The van der Waals surface area contributed by atoms with Crippen molar-refractivity contribution in [2.75, 3.05) is 12.4 Å².